The summed E-state index contributed by atoms with van der Waals surface area (Å²) in [5, 5.41) is 12.1. The Hall–Kier alpha value is -2.41. The molecule has 0 aliphatic rings. The lowest BCUT2D eigenvalue weighted by Crippen LogP contribution is -1.99. The van der Waals surface area contributed by atoms with E-state index in [1.54, 1.807) is 12.1 Å². The van der Waals surface area contributed by atoms with Crippen LogP contribution in [0.4, 0.5) is 10.1 Å². The van der Waals surface area contributed by atoms with Crippen LogP contribution in [0, 0.1) is 5.82 Å². The van der Waals surface area contributed by atoms with Gasteiger partial charge in [-0.15, -0.1) is 5.10 Å². The van der Waals surface area contributed by atoms with Gasteiger partial charge in [0.15, 0.2) is 0 Å². The van der Waals surface area contributed by atoms with Crippen molar-refractivity contribution in [3.63, 3.8) is 0 Å². The zero-order valence-electron chi connectivity index (χ0n) is 11.0. The van der Waals surface area contributed by atoms with Gasteiger partial charge in [-0.25, -0.2) is 4.39 Å². The summed E-state index contributed by atoms with van der Waals surface area (Å²) >= 11 is 1.47. The highest BCUT2D eigenvalue weighted by atomic mass is 32.2. The molecule has 0 atom stereocenters. The molecule has 3 aromatic rings. The quantitative estimate of drug-likeness (QED) is 0.592. The predicted molar refractivity (Wildman–Crippen MR) is 79.5 cm³/mol. The van der Waals surface area contributed by atoms with E-state index >= 15 is 0 Å². The van der Waals surface area contributed by atoms with Crippen molar-refractivity contribution >= 4 is 17.4 Å². The number of tetrazole rings is 1. The highest BCUT2D eigenvalue weighted by molar-refractivity contribution is 7.98. The van der Waals surface area contributed by atoms with Gasteiger partial charge in [-0.05, 0) is 46.3 Å². The minimum absolute atomic E-state index is 0.324. The fraction of sp³-hybridized carbons (Fsp3) is 0.0714. The normalized spacial score (nSPS) is 10.7. The Balaban J connectivity index is 1.80. The lowest BCUT2D eigenvalue weighted by atomic mass is 10.2. The highest BCUT2D eigenvalue weighted by Crippen LogP contribution is 2.23. The van der Waals surface area contributed by atoms with Crippen LogP contribution in [0.25, 0.3) is 5.69 Å². The van der Waals surface area contributed by atoms with Gasteiger partial charge in [0.25, 0.3) is 0 Å². The van der Waals surface area contributed by atoms with E-state index in [0.29, 0.717) is 16.6 Å². The van der Waals surface area contributed by atoms with Gasteiger partial charge in [-0.3, -0.25) is 0 Å². The Bertz CT molecular complexity index is 758. The molecule has 0 bridgehead atoms. The molecule has 0 aliphatic carbocycles. The van der Waals surface area contributed by atoms with Crippen molar-refractivity contribution in [3.8, 4) is 5.69 Å². The van der Waals surface area contributed by atoms with Gasteiger partial charge in [0.1, 0.15) is 5.82 Å². The first kappa shape index (κ1) is 13.6. The predicted octanol–water partition coefficient (Wildman–Crippen LogP) is 2.68. The van der Waals surface area contributed by atoms with Crippen LogP contribution in [-0.4, -0.2) is 20.2 Å². The number of hydrogen-bond donors (Lipinski definition) is 1. The number of hydrogen-bond acceptors (Lipinski definition) is 5. The molecule has 0 saturated heterocycles. The molecule has 1 aromatic heterocycles. The minimum atomic E-state index is -0.324. The molecule has 106 valence electrons. The largest absolute Gasteiger partial charge is 0.399 e. The number of rotatable bonds is 4. The van der Waals surface area contributed by atoms with Crippen molar-refractivity contribution in [2.75, 3.05) is 5.73 Å². The van der Waals surface area contributed by atoms with Gasteiger partial charge in [0.05, 0.1) is 5.69 Å². The maximum Gasteiger partial charge on any atom is 0.214 e. The van der Waals surface area contributed by atoms with E-state index in [4.69, 9.17) is 5.73 Å². The Morgan fingerprint density at radius 2 is 2.00 bits per heavy atom. The molecular formula is C14H12FN5S. The third-order valence-corrected chi connectivity index (χ3v) is 3.80. The summed E-state index contributed by atoms with van der Waals surface area (Å²) in [5.41, 5.74) is 8.14. The molecule has 0 amide bonds. The molecule has 7 heteroatoms. The second kappa shape index (κ2) is 5.92. The number of benzene rings is 2. The number of thioether (sulfide) groups is 1. The third kappa shape index (κ3) is 3.19. The molecule has 2 aromatic carbocycles. The zero-order chi connectivity index (χ0) is 14.7. The molecule has 0 radical (unpaired) electrons. The molecule has 0 unspecified atom stereocenters. The number of nitrogen functional groups attached to an aromatic ring is 1. The smallest absolute Gasteiger partial charge is 0.214 e. The Labute approximate surface area is 125 Å². The molecule has 21 heavy (non-hydrogen) atoms. The number of halogens is 1. The summed E-state index contributed by atoms with van der Waals surface area (Å²) in [7, 11) is 0. The van der Waals surface area contributed by atoms with Gasteiger partial charge < -0.3 is 5.73 Å². The molecule has 0 fully saturated rings. The van der Waals surface area contributed by atoms with Crippen molar-refractivity contribution < 1.29 is 4.39 Å². The molecule has 1 heterocycles. The Kier molecular flexibility index (Phi) is 3.83. The Morgan fingerprint density at radius 1 is 1.14 bits per heavy atom. The SMILES string of the molecule is Nc1cccc(CSc2nnnn2-c2cccc(F)c2)c1. The zero-order valence-corrected chi connectivity index (χ0v) is 11.8. The molecule has 0 spiro atoms. The first-order valence-electron chi connectivity index (χ1n) is 6.24. The molecule has 3 rings (SSSR count). The van der Waals surface area contributed by atoms with E-state index in [1.165, 1.54) is 28.6 Å². The number of aromatic nitrogens is 4. The summed E-state index contributed by atoms with van der Waals surface area (Å²) in [4.78, 5) is 0. The van der Waals surface area contributed by atoms with Crippen molar-refractivity contribution in [3.05, 3.63) is 59.9 Å². The second-order valence-corrected chi connectivity index (χ2v) is 5.33. The molecule has 0 saturated carbocycles. The Morgan fingerprint density at radius 3 is 2.81 bits per heavy atom. The summed E-state index contributed by atoms with van der Waals surface area (Å²) in [6.45, 7) is 0. The first-order chi connectivity index (χ1) is 10.2. The first-order valence-corrected chi connectivity index (χ1v) is 7.22. The molecule has 5 nitrogen and oxygen atoms in total. The lowest BCUT2D eigenvalue weighted by molar-refractivity contribution is 0.623. The van der Waals surface area contributed by atoms with Crippen molar-refractivity contribution in [1.29, 1.82) is 0 Å². The third-order valence-electron chi connectivity index (χ3n) is 2.81. The summed E-state index contributed by atoms with van der Waals surface area (Å²) in [5.74, 6) is 0.357. The van der Waals surface area contributed by atoms with Gasteiger partial charge in [-0.1, -0.05) is 30.0 Å². The number of anilines is 1. The minimum Gasteiger partial charge on any atom is -0.399 e. The number of nitrogens with two attached hydrogens (primary N) is 1. The standard InChI is InChI=1S/C14H12FN5S/c15-11-4-2-6-13(8-11)20-14(17-18-19-20)21-9-10-3-1-5-12(16)7-10/h1-8H,9,16H2. The van der Waals surface area contributed by atoms with E-state index in [2.05, 4.69) is 15.5 Å². The van der Waals surface area contributed by atoms with Crippen LogP contribution in [0.15, 0.2) is 53.7 Å². The van der Waals surface area contributed by atoms with Crippen LogP contribution < -0.4 is 5.73 Å². The average Bonchev–Trinajstić information content (AvgIpc) is 2.94. The van der Waals surface area contributed by atoms with Gasteiger partial charge in [-0.2, -0.15) is 4.68 Å². The molecule has 2 N–H and O–H groups in total. The van der Waals surface area contributed by atoms with Gasteiger partial charge in [0.2, 0.25) is 5.16 Å². The fourth-order valence-corrected chi connectivity index (χ4v) is 2.70. The molecular weight excluding hydrogens is 289 g/mol. The van der Waals surface area contributed by atoms with E-state index < -0.39 is 0 Å². The maximum absolute atomic E-state index is 13.3. The molecule has 0 aliphatic heterocycles. The van der Waals surface area contributed by atoms with Gasteiger partial charge in [0, 0.05) is 11.4 Å². The van der Waals surface area contributed by atoms with Crippen LogP contribution >= 0.6 is 11.8 Å². The second-order valence-electron chi connectivity index (χ2n) is 4.39. The van der Waals surface area contributed by atoms with Crippen molar-refractivity contribution in [1.82, 2.24) is 20.2 Å². The van der Waals surface area contributed by atoms with Crippen molar-refractivity contribution in [2.24, 2.45) is 0 Å². The van der Waals surface area contributed by atoms with Crippen LogP contribution in [0.2, 0.25) is 0 Å². The van der Waals surface area contributed by atoms with E-state index in [1.807, 2.05) is 24.3 Å². The fourth-order valence-electron chi connectivity index (χ4n) is 1.87. The highest BCUT2D eigenvalue weighted by Gasteiger charge is 2.09. The number of nitrogens with zero attached hydrogens (tertiary/aromatic N) is 4. The summed E-state index contributed by atoms with van der Waals surface area (Å²) < 4.78 is 14.8. The summed E-state index contributed by atoms with van der Waals surface area (Å²) in [6, 6.07) is 13.8. The van der Waals surface area contributed by atoms with Crippen LogP contribution in [0.1, 0.15) is 5.56 Å². The average molecular weight is 301 g/mol. The van der Waals surface area contributed by atoms with Crippen LogP contribution in [0.3, 0.4) is 0 Å². The summed E-state index contributed by atoms with van der Waals surface area (Å²) in [6.07, 6.45) is 0. The van der Waals surface area contributed by atoms with E-state index in [0.717, 1.165) is 11.3 Å². The van der Waals surface area contributed by atoms with Gasteiger partial charge >= 0.3 is 0 Å². The van der Waals surface area contributed by atoms with Crippen LogP contribution in [0.5, 0.6) is 0 Å². The monoisotopic (exact) mass is 301 g/mol. The van der Waals surface area contributed by atoms with E-state index in [9.17, 15) is 4.39 Å². The van der Waals surface area contributed by atoms with Crippen LogP contribution in [-0.2, 0) is 5.75 Å². The van der Waals surface area contributed by atoms with Crippen molar-refractivity contribution in [2.45, 2.75) is 10.9 Å². The van der Waals surface area contributed by atoms with E-state index in [-0.39, 0.29) is 5.82 Å². The maximum atomic E-state index is 13.3. The topological polar surface area (TPSA) is 69.6 Å². The lowest BCUT2D eigenvalue weighted by Gasteiger charge is -2.05.